The van der Waals surface area contributed by atoms with Gasteiger partial charge in [0.1, 0.15) is 11.6 Å². The number of amides is 1. The predicted molar refractivity (Wildman–Crippen MR) is 56.0 cm³/mol. The van der Waals surface area contributed by atoms with Crippen molar-refractivity contribution in [2.24, 2.45) is 5.18 Å². The molecule has 1 rings (SSSR count). The minimum Gasteiger partial charge on any atom is -0.314 e. The first-order valence-corrected chi connectivity index (χ1v) is 4.48. The van der Waals surface area contributed by atoms with Crippen LogP contribution in [0.3, 0.4) is 0 Å². The largest absolute Gasteiger partial charge is 0.314 e. The Morgan fingerprint density at radius 2 is 2.00 bits per heavy atom. The first-order valence-electron chi connectivity index (χ1n) is 3.95. The van der Waals surface area contributed by atoms with Crippen LogP contribution in [0.1, 0.15) is 0 Å². The number of hydrogen-bond donors (Lipinski definition) is 0. The first-order chi connectivity index (χ1) is 6.69. The summed E-state index contributed by atoms with van der Waals surface area (Å²) < 4.78 is 0. The van der Waals surface area contributed by atoms with E-state index in [0.29, 0.717) is 11.4 Å². The van der Waals surface area contributed by atoms with Gasteiger partial charge in [-0.3, -0.25) is 4.79 Å². The van der Waals surface area contributed by atoms with E-state index in [4.69, 9.17) is 11.6 Å². The molecule has 0 bridgehead atoms. The van der Waals surface area contributed by atoms with Crippen molar-refractivity contribution in [1.82, 2.24) is 0 Å². The average Bonchev–Trinajstić information content (AvgIpc) is 2.27. The van der Waals surface area contributed by atoms with Crippen molar-refractivity contribution in [3.63, 3.8) is 0 Å². The van der Waals surface area contributed by atoms with Gasteiger partial charge < -0.3 is 4.90 Å². The van der Waals surface area contributed by atoms with Gasteiger partial charge in [-0.05, 0) is 29.4 Å². The zero-order valence-corrected chi connectivity index (χ0v) is 8.36. The van der Waals surface area contributed by atoms with E-state index in [1.807, 2.05) is 0 Å². The molecule has 0 spiro atoms. The highest BCUT2D eigenvalue weighted by Crippen LogP contribution is 2.18. The lowest BCUT2D eigenvalue weighted by Crippen LogP contribution is -2.26. The standard InChI is InChI=1S/C9H9ClN2O2/c1-12(9(13)6-10)8-4-2-7(11-14)3-5-8/h2-5H,6H2,1H3. The number of rotatable bonds is 3. The molecule has 5 heteroatoms. The van der Waals surface area contributed by atoms with Crippen LogP contribution in [-0.2, 0) is 4.79 Å². The van der Waals surface area contributed by atoms with Crippen LogP contribution in [0.25, 0.3) is 0 Å². The highest BCUT2D eigenvalue weighted by atomic mass is 35.5. The minimum absolute atomic E-state index is 0.0653. The minimum atomic E-state index is -0.196. The molecule has 0 radical (unpaired) electrons. The summed E-state index contributed by atoms with van der Waals surface area (Å²) in [5.41, 5.74) is 1.02. The Bertz CT molecular complexity index is 337. The summed E-state index contributed by atoms with van der Waals surface area (Å²) in [4.78, 5) is 22.7. The molecule has 0 aliphatic heterocycles. The number of anilines is 1. The molecule has 0 saturated heterocycles. The van der Waals surface area contributed by atoms with Crippen LogP contribution in [0.5, 0.6) is 0 Å². The Balaban J connectivity index is 2.86. The summed E-state index contributed by atoms with van der Waals surface area (Å²) in [6.45, 7) is 0. The SMILES string of the molecule is CN(C(=O)CCl)c1ccc(N=O)cc1. The number of halogens is 1. The second-order valence-corrected chi connectivity index (χ2v) is 2.96. The third-order valence-corrected chi connectivity index (χ3v) is 2.06. The molecule has 14 heavy (non-hydrogen) atoms. The number of alkyl halides is 1. The second-order valence-electron chi connectivity index (χ2n) is 2.69. The highest BCUT2D eigenvalue weighted by molar-refractivity contribution is 6.29. The van der Waals surface area contributed by atoms with Crippen LogP contribution < -0.4 is 4.90 Å². The second kappa shape index (κ2) is 4.72. The molecular formula is C9H9ClN2O2. The van der Waals surface area contributed by atoms with Gasteiger partial charge in [-0.1, -0.05) is 0 Å². The maximum Gasteiger partial charge on any atom is 0.241 e. The van der Waals surface area contributed by atoms with Gasteiger partial charge in [-0.15, -0.1) is 16.5 Å². The fraction of sp³-hybridized carbons (Fsp3) is 0.222. The van der Waals surface area contributed by atoms with Crippen LogP contribution in [0.4, 0.5) is 11.4 Å². The van der Waals surface area contributed by atoms with E-state index < -0.39 is 0 Å². The molecule has 0 saturated carbocycles. The van der Waals surface area contributed by atoms with Crippen LogP contribution in [0.2, 0.25) is 0 Å². The quantitative estimate of drug-likeness (QED) is 0.570. The van der Waals surface area contributed by atoms with Crippen LogP contribution in [0, 0.1) is 4.91 Å². The summed E-state index contributed by atoms with van der Waals surface area (Å²) in [5.74, 6) is -0.261. The Labute approximate surface area is 86.4 Å². The molecule has 0 aliphatic carbocycles. The lowest BCUT2D eigenvalue weighted by Gasteiger charge is -2.15. The van der Waals surface area contributed by atoms with E-state index >= 15 is 0 Å². The number of nitrogens with zero attached hydrogens (tertiary/aromatic N) is 2. The van der Waals surface area contributed by atoms with Gasteiger partial charge in [0.25, 0.3) is 0 Å². The van der Waals surface area contributed by atoms with Gasteiger partial charge in [0.2, 0.25) is 5.91 Å². The number of nitroso groups, excluding NO2 is 1. The van der Waals surface area contributed by atoms with Crippen molar-refractivity contribution in [1.29, 1.82) is 0 Å². The van der Waals surface area contributed by atoms with Crippen molar-refractivity contribution in [2.45, 2.75) is 0 Å². The molecule has 0 aromatic heterocycles. The summed E-state index contributed by atoms with van der Waals surface area (Å²) in [6.07, 6.45) is 0. The molecule has 0 unspecified atom stereocenters. The topological polar surface area (TPSA) is 49.7 Å². The maximum absolute atomic E-state index is 11.2. The van der Waals surface area contributed by atoms with Gasteiger partial charge in [0.15, 0.2) is 0 Å². The average molecular weight is 213 g/mol. The molecule has 74 valence electrons. The number of carbonyl (C=O) groups is 1. The molecule has 0 fully saturated rings. The van der Waals surface area contributed by atoms with Gasteiger partial charge in [0, 0.05) is 12.7 Å². The fourth-order valence-corrected chi connectivity index (χ4v) is 1.15. The van der Waals surface area contributed by atoms with Crippen LogP contribution >= 0.6 is 11.6 Å². The molecule has 1 aromatic carbocycles. The lowest BCUT2D eigenvalue weighted by atomic mass is 10.2. The number of hydrogen-bond acceptors (Lipinski definition) is 3. The monoisotopic (exact) mass is 212 g/mol. The molecule has 0 N–H and O–H groups in total. The van der Waals surface area contributed by atoms with E-state index in [0.717, 1.165) is 0 Å². The van der Waals surface area contributed by atoms with Crippen molar-refractivity contribution < 1.29 is 4.79 Å². The highest BCUT2D eigenvalue weighted by Gasteiger charge is 2.08. The summed E-state index contributed by atoms with van der Waals surface area (Å²) in [7, 11) is 1.62. The van der Waals surface area contributed by atoms with Gasteiger partial charge in [-0.2, -0.15) is 0 Å². The van der Waals surface area contributed by atoms with Crippen LogP contribution in [-0.4, -0.2) is 18.8 Å². The van der Waals surface area contributed by atoms with E-state index in [2.05, 4.69) is 5.18 Å². The molecule has 1 aromatic rings. The van der Waals surface area contributed by atoms with E-state index in [-0.39, 0.29) is 11.8 Å². The molecule has 1 amide bonds. The summed E-state index contributed by atoms with van der Waals surface area (Å²) in [6, 6.07) is 6.36. The van der Waals surface area contributed by atoms with Gasteiger partial charge in [-0.25, -0.2) is 0 Å². The molecule has 0 atom stereocenters. The smallest absolute Gasteiger partial charge is 0.241 e. The summed E-state index contributed by atoms with van der Waals surface area (Å²) >= 11 is 5.40. The first kappa shape index (κ1) is 10.7. The van der Waals surface area contributed by atoms with Crippen molar-refractivity contribution in [3.8, 4) is 0 Å². The third kappa shape index (κ3) is 2.29. The Morgan fingerprint density at radius 3 is 2.43 bits per heavy atom. The normalized spacial score (nSPS) is 9.57. The number of benzene rings is 1. The number of carbonyl (C=O) groups excluding carboxylic acids is 1. The Morgan fingerprint density at radius 1 is 1.43 bits per heavy atom. The van der Waals surface area contributed by atoms with E-state index in [1.165, 1.54) is 4.90 Å². The maximum atomic E-state index is 11.2. The van der Waals surface area contributed by atoms with Gasteiger partial charge in [0.05, 0.1) is 0 Å². The lowest BCUT2D eigenvalue weighted by molar-refractivity contribution is -0.116. The van der Waals surface area contributed by atoms with Crippen molar-refractivity contribution >= 4 is 28.9 Å². The zero-order valence-electron chi connectivity index (χ0n) is 7.61. The van der Waals surface area contributed by atoms with E-state index in [9.17, 15) is 9.70 Å². The van der Waals surface area contributed by atoms with Crippen molar-refractivity contribution in [3.05, 3.63) is 29.2 Å². The third-order valence-electron chi connectivity index (χ3n) is 1.83. The Hall–Kier alpha value is -1.42. The fourth-order valence-electron chi connectivity index (χ4n) is 0.971. The summed E-state index contributed by atoms with van der Waals surface area (Å²) in [5, 5.41) is 2.76. The molecule has 0 aliphatic rings. The molecular weight excluding hydrogens is 204 g/mol. The van der Waals surface area contributed by atoms with E-state index in [1.54, 1.807) is 31.3 Å². The Kier molecular flexibility index (Phi) is 3.59. The zero-order chi connectivity index (χ0) is 10.6. The van der Waals surface area contributed by atoms with Gasteiger partial charge >= 0.3 is 0 Å². The molecule has 0 heterocycles. The predicted octanol–water partition coefficient (Wildman–Crippen LogP) is 2.29. The van der Waals surface area contributed by atoms with Crippen LogP contribution in [0.15, 0.2) is 29.4 Å². The molecule has 4 nitrogen and oxygen atoms in total. The van der Waals surface area contributed by atoms with Crippen molar-refractivity contribution in [2.75, 3.05) is 17.8 Å².